The maximum absolute atomic E-state index is 11.6. The highest BCUT2D eigenvalue weighted by Gasteiger charge is 2.06. The normalized spacial score (nSPS) is 10.0. The van der Waals surface area contributed by atoms with Gasteiger partial charge in [0.2, 0.25) is 0 Å². The minimum absolute atomic E-state index is 0.257. The maximum Gasteiger partial charge on any atom is 0.163 e. The van der Waals surface area contributed by atoms with Gasteiger partial charge < -0.3 is 0 Å². The van der Waals surface area contributed by atoms with Crippen LogP contribution in [0.1, 0.15) is 22.3 Å². The van der Waals surface area contributed by atoms with Crippen LogP contribution >= 0.6 is 11.8 Å². The maximum atomic E-state index is 11.6. The average Bonchev–Trinajstić information content (AvgIpc) is 2.15. The molecule has 0 unspecified atom stereocenters. The molecule has 0 aliphatic heterocycles. The first kappa shape index (κ1) is 10.3. The van der Waals surface area contributed by atoms with E-state index in [0.717, 1.165) is 16.9 Å². The van der Waals surface area contributed by atoms with E-state index in [0.29, 0.717) is 6.42 Å². The number of thioether (sulfide) groups is 1. The average molecular weight is 194 g/mol. The number of carbonyl (C=O) groups excluding carboxylic acids is 1. The lowest BCUT2D eigenvalue weighted by Crippen LogP contribution is -2.02. The van der Waals surface area contributed by atoms with E-state index in [2.05, 4.69) is 0 Å². The largest absolute Gasteiger partial charge is 0.294 e. The molecule has 1 aromatic rings. The summed E-state index contributed by atoms with van der Waals surface area (Å²) in [6.45, 7) is 1.98. The standard InChI is InChI=1S/C11H14OS/c1-9-5-3-4-6-10(9)11(12)7-8-13-2/h3-6H,7-8H2,1-2H3. The molecule has 0 bridgehead atoms. The molecule has 0 aromatic heterocycles. The Morgan fingerprint density at radius 3 is 2.69 bits per heavy atom. The van der Waals surface area contributed by atoms with E-state index >= 15 is 0 Å². The van der Waals surface area contributed by atoms with Crippen LogP contribution in [-0.2, 0) is 0 Å². The molecule has 0 spiro atoms. The van der Waals surface area contributed by atoms with Crippen molar-refractivity contribution in [1.82, 2.24) is 0 Å². The Morgan fingerprint density at radius 1 is 1.38 bits per heavy atom. The molecule has 0 fully saturated rings. The summed E-state index contributed by atoms with van der Waals surface area (Å²) in [6.07, 6.45) is 2.66. The van der Waals surface area contributed by atoms with Crippen molar-refractivity contribution in [3.05, 3.63) is 35.4 Å². The van der Waals surface area contributed by atoms with Crippen LogP contribution in [0.3, 0.4) is 0 Å². The molecular weight excluding hydrogens is 180 g/mol. The molecule has 0 aliphatic rings. The van der Waals surface area contributed by atoms with Crippen LogP contribution < -0.4 is 0 Å². The van der Waals surface area contributed by atoms with E-state index in [4.69, 9.17) is 0 Å². The Kier molecular flexibility index (Phi) is 4.03. The number of carbonyl (C=O) groups is 1. The third-order valence-corrected chi connectivity index (χ3v) is 2.59. The van der Waals surface area contributed by atoms with Gasteiger partial charge in [0.15, 0.2) is 5.78 Å². The molecule has 1 rings (SSSR count). The van der Waals surface area contributed by atoms with Gasteiger partial charge in [0, 0.05) is 17.7 Å². The van der Waals surface area contributed by atoms with Crippen molar-refractivity contribution >= 4 is 17.5 Å². The molecular formula is C11H14OS. The molecule has 0 radical (unpaired) electrons. The summed E-state index contributed by atoms with van der Waals surface area (Å²) >= 11 is 1.71. The third-order valence-electron chi connectivity index (χ3n) is 1.98. The Hall–Kier alpha value is -0.760. The first-order valence-electron chi connectivity index (χ1n) is 4.33. The van der Waals surface area contributed by atoms with Crippen LogP contribution in [0.2, 0.25) is 0 Å². The molecule has 1 aromatic carbocycles. The third kappa shape index (κ3) is 2.88. The van der Waals surface area contributed by atoms with E-state index < -0.39 is 0 Å². The van der Waals surface area contributed by atoms with Crippen molar-refractivity contribution in [2.24, 2.45) is 0 Å². The minimum Gasteiger partial charge on any atom is -0.294 e. The Morgan fingerprint density at radius 2 is 2.08 bits per heavy atom. The summed E-state index contributed by atoms with van der Waals surface area (Å²) in [5, 5.41) is 0. The fourth-order valence-corrected chi connectivity index (χ4v) is 1.60. The van der Waals surface area contributed by atoms with E-state index in [1.165, 1.54) is 0 Å². The van der Waals surface area contributed by atoms with E-state index in [1.54, 1.807) is 11.8 Å². The van der Waals surface area contributed by atoms with Gasteiger partial charge in [-0.05, 0) is 18.7 Å². The van der Waals surface area contributed by atoms with Gasteiger partial charge in [-0.15, -0.1) is 0 Å². The summed E-state index contributed by atoms with van der Waals surface area (Å²) in [5.41, 5.74) is 1.95. The smallest absolute Gasteiger partial charge is 0.163 e. The van der Waals surface area contributed by atoms with Crippen LogP contribution in [0.25, 0.3) is 0 Å². The molecule has 0 N–H and O–H groups in total. The van der Waals surface area contributed by atoms with Gasteiger partial charge in [0.25, 0.3) is 0 Å². The number of Topliss-reactive ketones (excluding diaryl/α,β-unsaturated/α-hetero) is 1. The second kappa shape index (κ2) is 5.07. The topological polar surface area (TPSA) is 17.1 Å². The highest BCUT2D eigenvalue weighted by atomic mass is 32.2. The zero-order valence-electron chi connectivity index (χ0n) is 8.04. The van der Waals surface area contributed by atoms with Crippen LogP contribution in [0.4, 0.5) is 0 Å². The molecule has 0 atom stereocenters. The van der Waals surface area contributed by atoms with Crippen molar-refractivity contribution in [3.63, 3.8) is 0 Å². The molecule has 13 heavy (non-hydrogen) atoms. The lowest BCUT2D eigenvalue weighted by atomic mass is 10.0. The zero-order valence-corrected chi connectivity index (χ0v) is 8.86. The second-order valence-corrected chi connectivity index (χ2v) is 3.97. The molecule has 0 saturated carbocycles. The monoisotopic (exact) mass is 194 g/mol. The number of hydrogen-bond acceptors (Lipinski definition) is 2. The summed E-state index contributed by atoms with van der Waals surface area (Å²) in [7, 11) is 0. The van der Waals surface area contributed by atoms with E-state index in [1.807, 2.05) is 37.4 Å². The number of benzene rings is 1. The van der Waals surface area contributed by atoms with Gasteiger partial charge in [0.05, 0.1) is 0 Å². The number of hydrogen-bond donors (Lipinski definition) is 0. The van der Waals surface area contributed by atoms with Crippen LogP contribution in [0.5, 0.6) is 0 Å². The van der Waals surface area contributed by atoms with Gasteiger partial charge in [0.1, 0.15) is 0 Å². The molecule has 2 heteroatoms. The van der Waals surface area contributed by atoms with Crippen LogP contribution in [-0.4, -0.2) is 17.8 Å². The summed E-state index contributed by atoms with van der Waals surface area (Å²) < 4.78 is 0. The molecule has 0 heterocycles. The van der Waals surface area contributed by atoms with Crippen LogP contribution in [0.15, 0.2) is 24.3 Å². The molecule has 70 valence electrons. The van der Waals surface area contributed by atoms with E-state index in [-0.39, 0.29) is 5.78 Å². The fourth-order valence-electron chi connectivity index (χ4n) is 1.22. The Balaban J connectivity index is 2.71. The number of rotatable bonds is 4. The van der Waals surface area contributed by atoms with Crippen molar-refractivity contribution in [2.75, 3.05) is 12.0 Å². The fraction of sp³-hybridized carbons (Fsp3) is 0.364. The van der Waals surface area contributed by atoms with Gasteiger partial charge >= 0.3 is 0 Å². The lowest BCUT2D eigenvalue weighted by molar-refractivity contribution is 0.0989. The summed E-state index contributed by atoms with van der Waals surface area (Å²) in [5.74, 6) is 1.17. The predicted molar refractivity (Wildman–Crippen MR) is 58.5 cm³/mol. The van der Waals surface area contributed by atoms with Crippen molar-refractivity contribution in [3.8, 4) is 0 Å². The highest BCUT2D eigenvalue weighted by molar-refractivity contribution is 7.98. The highest BCUT2D eigenvalue weighted by Crippen LogP contribution is 2.11. The van der Waals surface area contributed by atoms with Crippen molar-refractivity contribution < 1.29 is 4.79 Å². The van der Waals surface area contributed by atoms with Gasteiger partial charge in [-0.2, -0.15) is 11.8 Å². The first-order valence-corrected chi connectivity index (χ1v) is 5.73. The molecule has 0 saturated heterocycles. The van der Waals surface area contributed by atoms with Gasteiger partial charge in [-0.1, -0.05) is 24.3 Å². The Labute approximate surface area is 83.5 Å². The SMILES string of the molecule is CSCCC(=O)c1ccccc1C. The van der Waals surface area contributed by atoms with Gasteiger partial charge in [-0.3, -0.25) is 4.79 Å². The predicted octanol–water partition coefficient (Wildman–Crippen LogP) is 2.93. The second-order valence-electron chi connectivity index (χ2n) is 2.98. The summed E-state index contributed by atoms with van der Waals surface area (Å²) in [6, 6.07) is 7.75. The number of ketones is 1. The minimum atomic E-state index is 0.257. The van der Waals surface area contributed by atoms with Crippen molar-refractivity contribution in [2.45, 2.75) is 13.3 Å². The quantitative estimate of drug-likeness (QED) is 0.685. The molecule has 0 aliphatic carbocycles. The summed E-state index contributed by atoms with van der Waals surface area (Å²) in [4.78, 5) is 11.6. The zero-order chi connectivity index (χ0) is 9.68. The lowest BCUT2D eigenvalue weighted by Gasteiger charge is -2.02. The molecule has 1 nitrogen and oxygen atoms in total. The van der Waals surface area contributed by atoms with Crippen LogP contribution in [0, 0.1) is 6.92 Å². The molecule has 0 amide bonds. The first-order chi connectivity index (χ1) is 6.25. The van der Waals surface area contributed by atoms with Gasteiger partial charge in [-0.25, -0.2) is 0 Å². The van der Waals surface area contributed by atoms with E-state index in [9.17, 15) is 4.79 Å². The Bertz CT molecular complexity index is 294. The van der Waals surface area contributed by atoms with Crippen molar-refractivity contribution in [1.29, 1.82) is 0 Å². The number of aryl methyl sites for hydroxylation is 1.